The molecule has 0 amide bonds. The predicted molar refractivity (Wildman–Crippen MR) is 174 cm³/mol. The maximum Gasteiger partial charge on any atom is 0.122 e. The summed E-state index contributed by atoms with van der Waals surface area (Å²) < 4.78 is 0. The number of aryl methyl sites for hydroxylation is 2. The van der Waals surface area contributed by atoms with Gasteiger partial charge >= 0.3 is 0 Å². The van der Waals surface area contributed by atoms with E-state index in [0.29, 0.717) is 5.75 Å². The highest BCUT2D eigenvalue weighted by Crippen LogP contribution is 2.33. The molecule has 0 aliphatic rings. The van der Waals surface area contributed by atoms with E-state index in [1.807, 2.05) is 11.8 Å². The van der Waals surface area contributed by atoms with Crippen LogP contribution in [0.4, 0.5) is 0 Å². The second-order valence-corrected chi connectivity index (χ2v) is 13.0. The van der Waals surface area contributed by atoms with Crippen LogP contribution in [-0.2, 0) is 12.8 Å². The molecule has 0 atom stereocenters. The van der Waals surface area contributed by atoms with Crippen molar-refractivity contribution in [1.29, 1.82) is 0 Å². The van der Waals surface area contributed by atoms with Crippen LogP contribution >= 0.6 is 11.8 Å². The van der Waals surface area contributed by atoms with Crippen LogP contribution in [0.15, 0.2) is 17.0 Å². The van der Waals surface area contributed by atoms with Crippen LogP contribution in [0.5, 0.6) is 5.75 Å². The zero-order valence-corrected chi connectivity index (χ0v) is 26.9. The highest BCUT2D eigenvalue weighted by molar-refractivity contribution is 7.99. The molecule has 0 spiro atoms. The molecule has 0 saturated heterocycles. The fraction of sp³-hybridized carbons (Fsp3) is 0.833. The Morgan fingerprint density at radius 2 is 0.763 bits per heavy atom. The van der Waals surface area contributed by atoms with Crippen molar-refractivity contribution in [1.82, 2.24) is 0 Å². The number of unbranched alkanes of at least 4 members (excludes halogenated alkanes) is 21. The van der Waals surface area contributed by atoms with Crippen molar-refractivity contribution in [3.8, 4) is 5.75 Å². The van der Waals surface area contributed by atoms with E-state index in [9.17, 15) is 5.11 Å². The number of benzene rings is 1. The first-order valence-corrected chi connectivity index (χ1v) is 18.2. The van der Waals surface area contributed by atoms with Crippen LogP contribution in [0.2, 0.25) is 0 Å². The molecule has 2 heteroatoms. The Kier molecular flexibility index (Phi) is 24.8. The molecule has 1 aromatic rings. The van der Waals surface area contributed by atoms with Gasteiger partial charge in [0, 0.05) is 4.90 Å². The molecule has 0 unspecified atom stereocenters. The van der Waals surface area contributed by atoms with Crippen molar-refractivity contribution in [2.45, 2.75) is 193 Å². The Morgan fingerprint density at radius 1 is 0.447 bits per heavy atom. The zero-order valence-electron chi connectivity index (χ0n) is 26.1. The third kappa shape index (κ3) is 19.4. The standard InChI is InChI=1S/C36H66OS/c1-4-7-10-13-14-15-16-17-18-19-20-21-22-23-24-27-30-38-35-31-33(28-25-11-8-5-2)36(37)34(32-35)29-26-12-9-6-3/h31-32,37H,4-30H2,1-3H3. The summed E-state index contributed by atoms with van der Waals surface area (Å²) in [5.41, 5.74) is 2.40. The van der Waals surface area contributed by atoms with Crippen molar-refractivity contribution in [2.75, 3.05) is 5.75 Å². The molecule has 0 aliphatic heterocycles. The van der Waals surface area contributed by atoms with Crippen molar-refractivity contribution in [3.63, 3.8) is 0 Å². The molecule has 1 N–H and O–H groups in total. The van der Waals surface area contributed by atoms with Gasteiger partial charge in [-0.15, -0.1) is 11.8 Å². The molecule has 0 bridgehead atoms. The van der Waals surface area contributed by atoms with Crippen LogP contribution in [-0.4, -0.2) is 10.9 Å². The van der Waals surface area contributed by atoms with Crippen LogP contribution in [0.25, 0.3) is 0 Å². The largest absolute Gasteiger partial charge is 0.507 e. The van der Waals surface area contributed by atoms with E-state index in [1.54, 1.807) is 0 Å². The number of aromatic hydroxyl groups is 1. The summed E-state index contributed by atoms with van der Waals surface area (Å²) in [6.07, 6.45) is 35.0. The van der Waals surface area contributed by atoms with Gasteiger partial charge in [-0.25, -0.2) is 0 Å². The fourth-order valence-electron chi connectivity index (χ4n) is 5.52. The van der Waals surface area contributed by atoms with Gasteiger partial charge in [-0.2, -0.15) is 0 Å². The minimum absolute atomic E-state index is 0.602. The second kappa shape index (κ2) is 26.6. The lowest BCUT2D eigenvalue weighted by Crippen LogP contribution is -1.95. The topological polar surface area (TPSA) is 20.2 Å². The minimum Gasteiger partial charge on any atom is -0.507 e. The average molecular weight is 547 g/mol. The number of hydrogen-bond acceptors (Lipinski definition) is 2. The summed E-state index contributed by atoms with van der Waals surface area (Å²) in [5.74, 6) is 1.82. The van der Waals surface area contributed by atoms with E-state index in [1.165, 1.54) is 176 Å². The SMILES string of the molecule is CCCCCCCCCCCCCCCCCCSc1cc(CCCCCC)c(O)c(CCCCCC)c1. The van der Waals surface area contributed by atoms with Crippen LogP contribution in [0, 0.1) is 0 Å². The molecule has 1 aromatic carbocycles. The number of phenolic OH excluding ortho intramolecular Hbond substituents is 1. The van der Waals surface area contributed by atoms with Gasteiger partial charge in [0.05, 0.1) is 0 Å². The van der Waals surface area contributed by atoms with E-state index < -0.39 is 0 Å². The Hall–Kier alpha value is -0.630. The van der Waals surface area contributed by atoms with Crippen LogP contribution in [0.1, 0.15) is 186 Å². The quantitative estimate of drug-likeness (QED) is 0.0833. The lowest BCUT2D eigenvalue weighted by molar-refractivity contribution is 0.456. The molecule has 0 aromatic heterocycles. The Bertz CT molecular complexity index is 607. The Balaban J connectivity index is 2.18. The van der Waals surface area contributed by atoms with E-state index in [-0.39, 0.29) is 0 Å². The monoisotopic (exact) mass is 546 g/mol. The molecule has 1 rings (SSSR count). The summed E-state index contributed by atoms with van der Waals surface area (Å²) >= 11 is 2.02. The molecular formula is C36H66OS. The molecule has 1 nitrogen and oxygen atoms in total. The molecule has 0 heterocycles. The predicted octanol–water partition coefficient (Wildman–Crippen LogP) is 13.0. The van der Waals surface area contributed by atoms with E-state index in [0.717, 1.165) is 12.8 Å². The van der Waals surface area contributed by atoms with Crippen molar-refractivity contribution in [3.05, 3.63) is 23.3 Å². The van der Waals surface area contributed by atoms with Gasteiger partial charge in [-0.1, -0.05) is 156 Å². The van der Waals surface area contributed by atoms with Crippen molar-refractivity contribution >= 4 is 11.8 Å². The number of hydrogen-bond donors (Lipinski definition) is 1. The van der Waals surface area contributed by atoms with Gasteiger partial charge in [0.1, 0.15) is 5.75 Å². The molecule has 38 heavy (non-hydrogen) atoms. The maximum absolute atomic E-state index is 10.9. The first-order chi connectivity index (χ1) is 18.7. The van der Waals surface area contributed by atoms with E-state index in [2.05, 4.69) is 32.9 Å². The summed E-state index contributed by atoms with van der Waals surface area (Å²) in [5, 5.41) is 10.9. The summed E-state index contributed by atoms with van der Waals surface area (Å²) in [6.45, 7) is 6.83. The minimum atomic E-state index is 0.602. The van der Waals surface area contributed by atoms with E-state index >= 15 is 0 Å². The first kappa shape index (κ1) is 35.4. The molecule has 0 radical (unpaired) electrons. The van der Waals surface area contributed by atoms with Gasteiger partial charge in [-0.3, -0.25) is 0 Å². The van der Waals surface area contributed by atoms with Gasteiger partial charge in [0.15, 0.2) is 0 Å². The number of phenols is 1. The zero-order chi connectivity index (χ0) is 27.5. The van der Waals surface area contributed by atoms with Crippen molar-refractivity contribution in [2.24, 2.45) is 0 Å². The first-order valence-electron chi connectivity index (χ1n) is 17.2. The molecule has 0 aliphatic carbocycles. The molecule has 222 valence electrons. The van der Waals surface area contributed by atoms with Crippen molar-refractivity contribution < 1.29 is 5.11 Å². The lowest BCUT2D eigenvalue weighted by atomic mass is 9.99. The normalized spacial score (nSPS) is 11.4. The van der Waals surface area contributed by atoms with Gasteiger partial charge in [0.2, 0.25) is 0 Å². The smallest absolute Gasteiger partial charge is 0.122 e. The summed E-state index contributed by atoms with van der Waals surface area (Å²) in [7, 11) is 0. The summed E-state index contributed by atoms with van der Waals surface area (Å²) in [4.78, 5) is 1.39. The summed E-state index contributed by atoms with van der Waals surface area (Å²) in [6, 6.07) is 4.60. The van der Waals surface area contributed by atoms with Gasteiger partial charge in [0.25, 0.3) is 0 Å². The van der Waals surface area contributed by atoms with Gasteiger partial charge in [-0.05, 0) is 61.1 Å². The average Bonchev–Trinajstić information content (AvgIpc) is 2.92. The number of thioether (sulfide) groups is 1. The molecular weight excluding hydrogens is 480 g/mol. The second-order valence-electron chi connectivity index (χ2n) is 11.9. The van der Waals surface area contributed by atoms with Crippen LogP contribution < -0.4 is 0 Å². The Morgan fingerprint density at radius 3 is 1.13 bits per heavy atom. The molecule has 0 saturated carbocycles. The Labute approximate surface area is 243 Å². The number of rotatable bonds is 28. The van der Waals surface area contributed by atoms with Crippen LogP contribution in [0.3, 0.4) is 0 Å². The maximum atomic E-state index is 10.9. The highest BCUT2D eigenvalue weighted by Gasteiger charge is 2.11. The third-order valence-electron chi connectivity index (χ3n) is 8.11. The van der Waals surface area contributed by atoms with Gasteiger partial charge < -0.3 is 5.11 Å². The molecule has 0 fully saturated rings. The third-order valence-corrected chi connectivity index (χ3v) is 9.17. The lowest BCUT2D eigenvalue weighted by Gasteiger charge is -2.13. The fourth-order valence-corrected chi connectivity index (χ4v) is 6.55. The van der Waals surface area contributed by atoms with E-state index in [4.69, 9.17) is 0 Å². The highest BCUT2D eigenvalue weighted by atomic mass is 32.2.